The molecule has 0 bridgehead atoms. The standard InChI is InChI=1S/C23H23ClFN5O3/c1-12(26-16-4-5-17(24)27-19(16)21(32)33)14-8-13(25)9-15-18(14)28-22(29(2)20(15)31)30-10-23(11-30)6-3-7-23/h4-5,8-9,12,26H,3,6-7,10-11H2,1-2H3,(H,32,33)/t12-/m1/s1. The molecule has 172 valence electrons. The number of aromatic nitrogens is 3. The topological polar surface area (TPSA) is 100 Å². The van der Waals surface area contributed by atoms with Gasteiger partial charge in [-0.05, 0) is 44.0 Å². The van der Waals surface area contributed by atoms with E-state index in [1.807, 2.05) is 0 Å². The number of carboxylic acid groups (broad SMARTS) is 1. The highest BCUT2D eigenvalue weighted by Crippen LogP contribution is 2.49. The first kappa shape index (κ1) is 21.6. The Morgan fingerprint density at radius 3 is 2.64 bits per heavy atom. The molecule has 0 radical (unpaired) electrons. The lowest BCUT2D eigenvalue weighted by Gasteiger charge is -2.56. The van der Waals surface area contributed by atoms with Gasteiger partial charge in [0.15, 0.2) is 5.69 Å². The Balaban J connectivity index is 1.56. The zero-order valence-corrected chi connectivity index (χ0v) is 19.0. The summed E-state index contributed by atoms with van der Waals surface area (Å²) in [4.78, 5) is 35.5. The molecule has 0 unspecified atom stereocenters. The zero-order chi connectivity index (χ0) is 23.5. The van der Waals surface area contributed by atoms with Gasteiger partial charge in [0, 0.05) is 31.1 Å². The molecule has 1 aliphatic heterocycles. The summed E-state index contributed by atoms with van der Waals surface area (Å²) in [6, 6.07) is 4.93. The number of aromatic carboxylic acids is 1. The van der Waals surface area contributed by atoms with Gasteiger partial charge in [-0.3, -0.25) is 9.36 Å². The highest BCUT2D eigenvalue weighted by atomic mass is 35.5. The number of carboxylic acids is 1. The summed E-state index contributed by atoms with van der Waals surface area (Å²) in [6.45, 7) is 3.48. The lowest BCUT2D eigenvalue weighted by atomic mass is 9.64. The maximum atomic E-state index is 14.5. The van der Waals surface area contributed by atoms with Gasteiger partial charge in [-0.1, -0.05) is 18.0 Å². The fourth-order valence-electron chi connectivity index (χ4n) is 4.89. The molecule has 1 spiro atoms. The summed E-state index contributed by atoms with van der Waals surface area (Å²) in [7, 11) is 1.65. The lowest BCUT2D eigenvalue weighted by molar-refractivity contribution is 0.0691. The van der Waals surface area contributed by atoms with Gasteiger partial charge in [0.2, 0.25) is 5.95 Å². The fraction of sp³-hybridized carbons (Fsp3) is 0.391. The predicted octanol–water partition coefficient (Wildman–Crippen LogP) is 3.98. The van der Waals surface area contributed by atoms with Gasteiger partial charge in [-0.25, -0.2) is 19.2 Å². The average Bonchev–Trinajstić information content (AvgIpc) is 2.70. The van der Waals surface area contributed by atoms with E-state index in [4.69, 9.17) is 16.6 Å². The third-order valence-electron chi connectivity index (χ3n) is 6.80. The summed E-state index contributed by atoms with van der Waals surface area (Å²) in [6.07, 6.45) is 3.63. The number of nitrogens with one attached hydrogen (secondary N) is 1. The second-order valence-electron chi connectivity index (χ2n) is 9.08. The van der Waals surface area contributed by atoms with Crippen molar-refractivity contribution in [1.82, 2.24) is 14.5 Å². The number of pyridine rings is 1. The Kier molecular flexibility index (Phi) is 5.04. The maximum Gasteiger partial charge on any atom is 0.356 e. The second-order valence-corrected chi connectivity index (χ2v) is 9.47. The summed E-state index contributed by atoms with van der Waals surface area (Å²) in [5.41, 5.74) is 0.859. The van der Waals surface area contributed by atoms with Crippen LogP contribution in [-0.4, -0.2) is 38.7 Å². The monoisotopic (exact) mass is 471 g/mol. The van der Waals surface area contributed by atoms with Crippen molar-refractivity contribution in [3.63, 3.8) is 0 Å². The van der Waals surface area contributed by atoms with Crippen molar-refractivity contribution in [2.24, 2.45) is 12.5 Å². The number of halogens is 2. The first-order valence-electron chi connectivity index (χ1n) is 10.8. The van der Waals surface area contributed by atoms with Crippen molar-refractivity contribution < 1.29 is 14.3 Å². The third-order valence-corrected chi connectivity index (χ3v) is 7.01. The fourth-order valence-corrected chi connectivity index (χ4v) is 5.04. The molecule has 5 rings (SSSR count). The van der Waals surface area contributed by atoms with Gasteiger partial charge in [0.05, 0.1) is 22.6 Å². The van der Waals surface area contributed by atoms with Gasteiger partial charge in [-0.15, -0.1) is 0 Å². The van der Waals surface area contributed by atoms with Crippen LogP contribution in [0, 0.1) is 11.2 Å². The first-order valence-corrected chi connectivity index (χ1v) is 11.2. The van der Waals surface area contributed by atoms with Gasteiger partial charge in [0.25, 0.3) is 5.56 Å². The van der Waals surface area contributed by atoms with E-state index in [2.05, 4.69) is 15.2 Å². The number of rotatable bonds is 5. The Bertz CT molecular complexity index is 1350. The lowest BCUT2D eigenvalue weighted by Crippen LogP contribution is -2.61. The molecule has 2 N–H and O–H groups in total. The molecule has 2 aliphatic rings. The SMILES string of the molecule is C[C@@H](Nc1ccc(Cl)nc1C(=O)O)c1cc(F)cc2c(=O)n(C)c(N3CC4(CCC4)C3)nc12. The van der Waals surface area contributed by atoms with Crippen LogP contribution in [0.3, 0.4) is 0 Å². The zero-order valence-electron chi connectivity index (χ0n) is 18.2. The van der Waals surface area contributed by atoms with Crippen molar-refractivity contribution in [2.75, 3.05) is 23.3 Å². The highest BCUT2D eigenvalue weighted by Gasteiger charge is 2.48. The van der Waals surface area contributed by atoms with E-state index >= 15 is 0 Å². The molecule has 1 saturated carbocycles. The third kappa shape index (κ3) is 3.60. The molecule has 1 saturated heterocycles. The molecular formula is C23H23ClFN5O3. The van der Waals surface area contributed by atoms with Gasteiger partial charge >= 0.3 is 5.97 Å². The van der Waals surface area contributed by atoms with E-state index in [0.717, 1.165) is 13.1 Å². The summed E-state index contributed by atoms with van der Waals surface area (Å²) in [5.74, 6) is -1.25. The quantitative estimate of drug-likeness (QED) is 0.543. The van der Waals surface area contributed by atoms with Crippen LogP contribution in [0.4, 0.5) is 16.0 Å². The van der Waals surface area contributed by atoms with Crippen LogP contribution < -0.4 is 15.8 Å². The van der Waals surface area contributed by atoms with Crippen LogP contribution in [0.2, 0.25) is 5.15 Å². The Hall–Kier alpha value is -3.20. The summed E-state index contributed by atoms with van der Waals surface area (Å²) in [5, 5.41) is 12.8. The summed E-state index contributed by atoms with van der Waals surface area (Å²) < 4.78 is 16.0. The molecule has 0 amide bonds. The number of benzene rings is 1. The van der Waals surface area contributed by atoms with Crippen LogP contribution in [0.1, 0.15) is 48.3 Å². The van der Waals surface area contributed by atoms with Gasteiger partial charge in [0.1, 0.15) is 11.0 Å². The molecule has 1 aromatic carbocycles. The molecule has 3 aromatic rings. The van der Waals surface area contributed by atoms with Crippen LogP contribution in [0.25, 0.3) is 10.9 Å². The Morgan fingerprint density at radius 1 is 1.27 bits per heavy atom. The van der Waals surface area contributed by atoms with Crippen LogP contribution in [-0.2, 0) is 7.05 Å². The molecule has 1 aliphatic carbocycles. The number of hydrogen-bond donors (Lipinski definition) is 2. The second kappa shape index (κ2) is 7.69. The van der Waals surface area contributed by atoms with Crippen LogP contribution in [0.5, 0.6) is 0 Å². The number of hydrogen-bond acceptors (Lipinski definition) is 6. The minimum absolute atomic E-state index is 0.0513. The van der Waals surface area contributed by atoms with Gasteiger partial charge in [-0.2, -0.15) is 0 Å². The molecular weight excluding hydrogens is 449 g/mol. The van der Waals surface area contributed by atoms with Crippen LogP contribution >= 0.6 is 11.6 Å². The van der Waals surface area contributed by atoms with Crippen molar-refractivity contribution in [3.05, 3.63) is 56.8 Å². The van der Waals surface area contributed by atoms with Crippen molar-refractivity contribution in [2.45, 2.75) is 32.2 Å². The predicted molar refractivity (Wildman–Crippen MR) is 124 cm³/mol. The molecule has 2 fully saturated rings. The van der Waals surface area contributed by atoms with Crippen LogP contribution in [0.15, 0.2) is 29.1 Å². The average molecular weight is 472 g/mol. The molecule has 2 aromatic heterocycles. The minimum Gasteiger partial charge on any atom is -0.476 e. The largest absolute Gasteiger partial charge is 0.476 e. The van der Waals surface area contributed by atoms with E-state index in [1.54, 1.807) is 14.0 Å². The highest BCUT2D eigenvalue weighted by molar-refractivity contribution is 6.29. The van der Waals surface area contributed by atoms with E-state index in [9.17, 15) is 19.1 Å². The number of carbonyl (C=O) groups is 1. The van der Waals surface area contributed by atoms with Crippen molar-refractivity contribution >= 4 is 40.1 Å². The Morgan fingerprint density at radius 2 is 2.00 bits per heavy atom. The smallest absolute Gasteiger partial charge is 0.356 e. The summed E-state index contributed by atoms with van der Waals surface area (Å²) >= 11 is 5.84. The van der Waals surface area contributed by atoms with E-state index in [-0.39, 0.29) is 27.5 Å². The molecule has 33 heavy (non-hydrogen) atoms. The molecule has 1 atom stereocenters. The van der Waals surface area contributed by atoms with Crippen molar-refractivity contribution in [1.29, 1.82) is 0 Å². The number of anilines is 2. The maximum absolute atomic E-state index is 14.5. The number of nitrogens with zero attached hydrogens (tertiary/aromatic N) is 4. The molecule has 10 heteroatoms. The minimum atomic E-state index is -1.24. The van der Waals surface area contributed by atoms with E-state index < -0.39 is 17.8 Å². The van der Waals surface area contributed by atoms with E-state index in [1.165, 1.54) is 48.1 Å². The van der Waals surface area contributed by atoms with Crippen molar-refractivity contribution in [3.8, 4) is 0 Å². The Labute approximate surface area is 194 Å². The molecule has 8 nitrogen and oxygen atoms in total. The van der Waals surface area contributed by atoms with E-state index in [0.29, 0.717) is 22.4 Å². The first-order chi connectivity index (χ1) is 15.7. The molecule has 3 heterocycles. The normalized spacial score (nSPS) is 17.5. The number of fused-ring (bicyclic) bond motifs is 1. The van der Waals surface area contributed by atoms with Gasteiger partial charge < -0.3 is 15.3 Å².